The lowest BCUT2D eigenvalue weighted by atomic mass is 9.93. The van der Waals surface area contributed by atoms with Crippen LogP contribution in [0.5, 0.6) is 0 Å². The van der Waals surface area contributed by atoms with E-state index >= 15 is 0 Å². The molecule has 29 heavy (non-hydrogen) atoms. The topological polar surface area (TPSA) is 68.5 Å². The Kier molecular flexibility index (Phi) is 5.12. The minimum Gasteiger partial charge on any atom is -0.381 e. The number of aryl methyl sites for hydroxylation is 1. The second-order valence-electron chi connectivity index (χ2n) is 7.03. The lowest BCUT2D eigenvalue weighted by Gasteiger charge is -2.22. The number of nitrogens with one attached hydrogen (secondary N) is 1. The van der Waals surface area contributed by atoms with E-state index in [2.05, 4.69) is 15.6 Å². The fourth-order valence-electron chi connectivity index (χ4n) is 3.51. The number of rotatable bonds is 5. The van der Waals surface area contributed by atoms with E-state index in [9.17, 15) is 9.18 Å². The zero-order valence-corrected chi connectivity index (χ0v) is 16.1. The van der Waals surface area contributed by atoms with Gasteiger partial charge in [-0.2, -0.15) is 5.10 Å². The molecule has 0 aliphatic carbocycles. The van der Waals surface area contributed by atoms with E-state index in [1.165, 1.54) is 12.1 Å². The summed E-state index contributed by atoms with van der Waals surface area (Å²) in [7, 11) is 1.84. The third kappa shape index (κ3) is 3.76. The van der Waals surface area contributed by atoms with E-state index in [0.717, 1.165) is 16.8 Å². The summed E-state index contributed by atoms with van der Waals surface area (Å²) in [6.07, 6.45) is 0.927. The summed E-state index contributed by atoms with van der Waals surface area (Å²) in [6, 6.07) is 17.2. The number of carbonyl (C=O) groups excluding carboxylic acids is 1. The van der Waals surface area contributed by atoms with Crippen molar-refractivity contribution in [2.24, 2.45) is 18.1 Å². The highest BCUT2D eigenvalue weighted by atomic mass is 19.1. The van der Waals surface area contributed by atoms with E-state index < -0.39 is 6.10 Å². The Bertz CT molecular complexity index is 1030. The van der Waals surface area contributed by atoms with Gasteiger partial charge in [0, 0.05) is 13.2 Å². The first-order valence-electron chi connectivity index (χ1n) is 9.37. The van der Waals surface area contributed by atoms with Gasteiger partial charge in [-0.25, -0.2) is 4.39 Å². The predicted octanol–water partition coefficient (Wildman–Crippen LogP) is 3.20. The van der Waals surface area contributed by atoms with Crippen LogP contribution in [0.2, 0.25) is 0 Å². The van der Waals surface area contributed by atoms with Crippen molar-refractivity contribution in [2.45, 2.75) is 19.1 Å². The van der Waals surface area contributed by atoms with Crippen LogP contribution < -0.4 is 5.32 Å². The van der Waals surface area contributed by atoms with E-state index in [4.69, 9.17) is 4.84 Å². The number of carbonyl (C=O) groups is 1. The monoisotopic (exact) mass is 392 g/mol. The van der Waals surface area contributed by atoms with Gasteiger partial charge in [-0.1, -0.05) is 54.5 Å². The molecule has 148 valence electrons. The minimum absolute atomic E-state index is 0.270. The molecule has 1 N–H and O–H groups in total. The summed E-state index contributed by atoms with van der Waals surface area (Å²) in [4.78, 5) is 18.5. The second-order valence-corrected chi connectivity index (χ2v) is 7.03. The third-order valence-corrected chi connectivity index (χ3v) is 5.12. The summed E-state index contributed by atoms with van der Waals surface area (Å²) in [5.74, 6) is -0.867. The van der Waals surface area contributed by atoms with Crippen LogP contribution in [0.3, 0.4) is 0 Å². The molecule has 0 fully saturated rings. The molecule has 1 aliphatic rings. The predicted molar refractivity (Wildman–Crippen MR) is 107 cm³/mol. The fraction of sp³-hybridized carbons (Fsp3) is 0.227. The molecule has 0 spiro atoms. The maximum Gasteiger partial charge on any atom is 0.265 e. The van der Waals surface area contributed by atoms with E-state index in [1.54, 1.807) is 23.0 Å². The molecular weight excluding hydrogens is 371 g/mol. The van der Waals surface area contributed by atoms with Gasteiger partial charge >= 0.3 is 0 Å². The number of oxime groups is 1. The van der Waals surface area contributed by atoms with Crippen LogP contribution in [0.25, 0.3) is 0 Å². The van der Waals surface area contributed by atoms with Crippen LogP contribution in [0.4, 0.5) is 4.39 Å². The standard InChI is InChI=1S/C22H21FN4O2/c1-14-19(16-8-10-17(23)11-9-16)26-29-21(14)22(28)25-20(15-6-4-3-5-7-15)18-12-13-24-27(18)2/h3-14,20-21H,1-2H3,(H,25,28)/t14-,20+,21-/m1/s1. The first-order valence-corrected chi connectivity index (χ1v) is 9.37. The molecule has 0 bridgehead atoms. The Labute approximate surface area is 168 Å². The molecule has 1 aliphatic heterocycles. The maximum atomic E-state index is 13.2. The van der Waals surface area contributed by atoms with Gasteiger partial charge in [0.2, 0.25) is 6.10 Å². The molecule has 0 radical (unpaired) electrons. The first-order chi connectivity index (χ1) is 14.0. The fourth-order valence-corrected chi connectivity index (χ4v) is 3.51. The van der Waals surface area contributed by atoms with Gasteiger partial charge in [-0.05, 0) is 29.3 Å². The molecule has 0 saturated carbocycles. The third-order valence-electron chi connectivity index (χ3n) is 5.12. The van der Waals surface area contributed by atoms with Crippen molar-refractivity contribution < 1.29 is 14.0 Å². The molecule has 3 atom stereocenters. The number of halogens is 1. The largest absolute Gasteiger partial charge is 0.381 e. The van der Waals surface area contributed by atoms with Crippen LogP contribution >= 0.6 is 0 Å². The van der Waals surface area contributed by atoms with Crippen LogP contribution in [0.1, 0.15) is 29.8 Å². The van der Waals surface area contributed by atoms with Gasteiger partial charge in [0.1, 0.15) is 5.82 Å². The van der Waals surface area contributed by atoms with Crippen LogP contribution in [-0.4, -0.2) is 27.5 Å². The van der Waals surface area contributed by atoms with Crippen molar-refractivity contribution in [1.29, 1.82) is 0 Å². The number of amides is 1. The summed E-state index contributed by atoms with van der Waals surface area (Å²) < 4.78 is 14.9. The summed E-state index contributed by atoms with van der Waals surface area (Å²) in [5.41, 5.74) is 3.16. The van der Waals surface area contributed by atoms with Crippen molar-refractivity contribution >= 4 is 11.6 Å². The van der Waals surface area contributed by atoms with Gasteiger partial charge in [0.15, 0.2) is 0 Å². The molecule has 1 amide bonds. The Morgan fingerprint density at radius 2 is 1.86 bits per heavy atom. The van der Waals surface area contributed by atoms with E-state index in [0.29, 0.717) is 5.71 Å². The molecule has 7 heteroatoms. The van der Waals surface area contributed by atoms with Crippen molar-refractivity contribution in [2.75, 3.05) is 0 Å². The number of aromatic nitrogens is 2. The van der Waals surface area contributed by atoms with Crippen molar-refractivity contribution in [3.05, 3.63) is 89.5 Å². The Morgan fingerprint density at radius 3 is 2.52 bits per heavy atom. The van der Waals surface area contributed by atoms with Crippen molar-refractivity contribution in [1.82, 2.24) is 15.1 Å². The highest BCUT2D eigenvalue weighted by Gasteiger charge is 2.38. The summed E-state index contributed by atoms with van der Waals surface area (Å²) >= 11 is 0. The number of nitrogens with zero attached hydrogens (tertiary/aromatic N) is 3. The molecular formula is C22H21FN4O2. The smallest absolute Gasteiger partial charge is 0.265 e. The second kappa shape index (κ2) is 7.87. The normalized spacial score (nSPS) is 19.3. The highest BCUT2D eigenvalue weighted by Crippen LogP contribution is 2.26. The highest BCUT2D eigenvalue weighted by molar-refractivity contribution is 6.05. The average Bonchev–Trinajstić information content (AvgIpc) is 3.33. The lowest BCUT2D eigenvalue weighted by molar-refractivity contribution is -0.133. The number of benzene rings is 2. The first kappa shape index (κ1) is 18.9. The lowest BCUT2D eigenvalue weighted by Crippen LogP contribution is -2.41. The number of hydrogen-bond donors (Lipinski definition) is 1. The van der Waals surface area contributed by atoms with Crippen LogP contribution in [0, 0.1) is 11.7 Å². The Morgan fingerprint density at radius 1 is 1.14 bits per heavy atom. The summed E-state index contributed by atoms with van der Waals surface area (Å²) in [6.45, 7) is 1.88. The van der Waals surface area contributed by atoms with Crippen molar-refractivity contribution in [3.8, 4) is 0 Å². The van der Waals surface area contributed by atoms with E-state index in [-0.39, 0.29) is 23.7 Å². The molecule has 1 aromatic heterocycles. The molecule has 6 nitrogen and oxygen atoms in total. The molecule has 3 aromatic rings. The Balaban J connectivity index is 1.54. The quantitative estimate of drug-likeness (QED) is 0.725. The van der Waals surface area contributed by atoms with Gasteiger partial charge in [0.25, 0.3) is 5.91 Å². The average molecular weight is 392 g/mol. The van der Waals surface area contributed by atoms with Gasteiger partial charge in [-0.15, -0.1) is 0 Å². The van der Waals surface area contributed by atoms with E-state index in [1.807, 2.05) is 50.4 Å². The molecule has 2 heterocycles. The SMILES string of the molecule is C[C@@H]1C(c2ccc(F)cc2)=NO[C@H]1C(=O)N[C@@H](c1ccccc1)c1ccnn1C. The van der Waals surface area contributed by atoms with Gasteiger partial charge < -0.3 is 10.2 Å². The summed E-state index contributed by atoms with van der Waals surface area (Å²) in [5, 5.41) is 11.4. The molecule has 0 unspecified atom stereocenters. The van der Waals surface area contributed by atoms with Gasteiger partial charge in [0.05, 0.1) is 23.4 Å². The zero-order chi connectivity index (χ0) is 20.4. The number of hydrogen-bond acceptors (Lipinski definition) is 4. The van der Waals surface area contributed by atoms with Crippen LogP contribution in [0.15, 0.2) is 72.0 Å². The van der Waals surface area contributed by atoms with Crippen molar-refractivity contribution in [3.63, 3.8) is 0 Å². The zero-order valence-electron chi connectivity index (χ0n) is 16.1. The van der Waals surface area contributed by atoms with Gasteiger partial charge in [-0.3, -0.25) is 9.48 Å². The van der Waals surface area contributed by atoms with Crippen LogP contribution in [-0.2, 0) is 16.7 Å². The molecule has 4 rings (SSSR count). The maximum absolute atomic E-state index is 13.2. The minimum atomic E-state index is -0.769. The Hall–Kier alpha value is -3.48. The molecule has 0 saturated heterocycles. The molecule has 2 aromatic carbocycles.